The second-order valence-electron chi connectivity index (χ2n) is 6.11. The Balaban J connectivity index is 2.44. The third kappa shape index (κ3) is 4.55. The minimum Gasteiger partial charge on any atom is -0.443 e. The third-order valence-electron chi connectivity index (χ3n) is 2.96. The average Bonchev–Trinajstić information content (AvgIpc) is 2.54. The van der Waals surface area contributed by atoms with Gasteiger partial charge in [-0.15, -0.1) is 11.6 Å². The smallest absolute Gasteiger partial charge is 0.423 e. The molecule has 2 amide bonds. The van der Waals surface area contributed by atoms with Crippen molar-refractivity contribution in [3.63, 3.8) is 0 Å². The van der Waals surface area contributed by atoms with Gasteiger partial charge in [-0.1, -0.05) is 24.3 Å². The highest BCUT2D eigenvalue weighted by Crippen LogP contribution is 2.20. The summed E-state index contributed by atoms with van der Waals surface area (Å²) in [6.45, 7) is 5.20. The first-order valence-corrected chi connectivity index (χ1v) is 7.99. The molecule has 5 nitrogen and oxygen atoms in total. The number of hydrogen-bond donors (Lipinski definition) is 0. The van der Waals surface area contributed by atoms with E-state index >= 15 is 0 Å². The number of amides is 2. The summed E-state index contributed by atoms with van der Waals surface area (Å²) >= 11 is 5.80. The topological polar surface area (TPSA) is 59.5 Å². The van der Waals surface area contributed by atoms with Crippen molar-refractivity contribution in [2.75, 3.05) is 4.90 Å². The molecule has 0 fully saturated rings. The third-order valence-corrected chi connectivity index (χ3v) is 3.23. The van der Waals surface area contributed by atoms with Crippen molar-refractivity contribution in [2.45, 2.75) is 32.3 Å². The van der Waals surface area contributed by atoms with E-state index in [1.807, 2.05) is 0 Å². The van der Waals surface area contributed by atoms with E-state index in [2.05, 4.69) is 4.98 Å². The average molecular weight is 347 g/mol. The van der Waals surface area contributed by atoms with Gasteiger partial charge in [-0.2, -0.15) is 4.90 Å². The molecule has 6 heteroatoms. The van der Waals surface area contributed by atoms with Crippen molar-refractivity contribution in [2.24, 2.45) is 0 Å². The van der Waals surface area contributed by atoms with E-state index < -0.39 is 17.6 Å². The van der Waals surface area contributed by atoms with Crippen LogP contribution in [-0.2, 0) is 10.6 Å². The predicted molar refractivity (Wildman–Crippen MR) is 93.3 cm³/mol. The molecule has 24 heavy (non-hydrogen) atoms. The first-order valence-electron chi connectivity index (χ1n) is 7.46. The summed E-state index contributed by atoms with van der Waals surface area (Å²) in [4.78, 5) is 30.6. The van der Waals surface area contributed by atoms with Gasteiger partial charge in [-0.25, -0.2) is 9.78 Å². The molecule has 0 N–H and O–H groups in total. The van der Waals surface area contributed by atoms with Crippen LogP contribution in [0.25, 0.3) is 0 Å². The number of halogens is 1. The number of alkyl halides is 1. The SMILES string of the molecule is CC(C)(C)OC(=O)N(C(=O)c1ccccc1)c1cccc(CCl)n1. The Morgan fingerprint density at radius 3 is 2.33 bits per heavy atom. The standard InChI is InChI=1S/C18H19ClN2O3/c1-18(2,3)24-17(23)21(15-11-7-10-14(12-19)20-15)16(22)13-8-5-4-6-9-13/h4-11H,12H2,1-3H3. The number of pyridine rings is 1. The van der Waals surface area contributed by atoms with Gasteiger partial charge in [0.05, 0.1) is 11.6 Å². The van der Waals surface area contributed by atoms with Crippen molar-refractivity contribution in [3.05, 3.63) is 59.8 Å². The number of hydrogen-bond acceptors (Lipinski definition) is 4. The number of ether oxygens (including phenoxy) is 1. The van der Waals surface area contributed by atoms with Crippen LogP contribution in [0.1, 0.15) is 36.8 Å². The van der Waals surface area contributed by atoms with Crippen molar-refractivity contribution in [3.8, 4) is 0 Å². The number of nitrogens with zero attached hydrogens (tertiary/aromatic N) is 2. The Kier molecular flexibility index (Phi) is 5.57. The van der Waals surface area contributed by atoms with Gasteiger partial charge in [-0.05, 0) is 45.0 Å². The van der Waals surface area contributed by atoms with Crippen molar-refractivity contribution in [1.29, 1.82) is 0 Å². The fourth-order valence-electron chi connectivity index (χ4n) is 1.96. The number of aromatic nitrogens is 1. The van der Waals surface area contributed by atoms with Crippen molar-refractivity contribution in [1.82, 2.24) is 4.98 Å². The van der Waals surface area contributed by atoms with Gasteiger partial charge in [0.2, 0.25) is 0 Å². The maximum absolute atomic E-state index is 12.8. The molecular weight excluding hydrogens is 328 g/mol. The van der Waals surface area contributed by atoms with Crippen LogP contribution >= 0.6 is 11.6 Å². The van der Waals surface area contributed by atoms with Gasteiger partial charge in [0, 0.05) is 5.56 Å². The zero-order valence-corrected chi connectivity index (χ0v) is 14.6. The van der Waals surface area contributed by atoms with Gasteiger partial charge in [0.1, 0.15) is 11.4 Å². The lowest BCUT2D eigenvalue weighted by Gasteiger charge is -2.25. The number of rotatable bonds is 3. The first-order chi connectivity index (χ1) is 11.3. The van der Waals surface area contributed by atoms with Crippen LogP contribution < -0.4 is 4.90 Å². The molecule has 2 aromatic rings. The molecule has 0 saturated heterocycles. The molecule has 1 aromatic heterocycles. The van der Waals surface area contributed by atoms with Crippen LogP contribution in [0.2, 0.25) is 0 Å². The maximum atomic E-state index is 12.8. The molecule has 0 unspecified atom stereocenters. The molecule has 0 radical (unpaired) electrons. The largest absolute Gasteiger partial charge is 0.443 e. The molecule has 0 saturated carbocycles. The fraction of sp³-hybridized carbons (Fsp3) is 0.278. The molecule has 0 spiro atoms. The van der Waals surface area contributed by atoms with Crippen LogP contribution in [0.5, 0.6) is 0 Å². The summed E-state index contributed by atoms with van der Waals surface area (Å²) in [6, 6.07) is 13.5. The molecule has 1 heterocycles. The predicted octanol–water partition coefficient (Wildman–Crippen LogP) is 4.40. The Morgan fingerprint density at radius 2 is 1.75 bits per heavy atom. The molecule has 0 atom stereocenters. The maximum Gasteiger partial charge on any atom is 0.423 e. The highest BCUT2D eigenvalue weighted by atomic mass is 35.5. The van der Waals surface area contributed by atoms with E-state index in [0.717, 1.165) is 4.90 Å². The Morgan fingerprint density at radius 1 is 1.08 bits per heavy atom. The Bertz CT molecular complexity index is 727. The van der Waals surface area contributed by atoms with E-state index in [1.54, 1.807) is 69.3 Å². The lowest BCUT2D eigenvalue weighted by atomic mass is 10.2. The summed E-state index contributed by atoms with van der Waals surface area (Å²) in [7, 11) is 0. The minimum absolute atomic E-state index is 0.176. The minimum atomic E-state index is -0.782. The lowest BCUT2D eigenvalue weighted by Crippen LogP contribution is -2.41. The zero-order valence-electron chi connectivity index (χ0n) is 13.8. The number of carbonyl (C=O) groups excluding carboxylic acids is 2. The summed E-state index contributed by atoms with van der Waals surface area (Å²) < 4.78 is 5.36. The van der Waals surface area contributed by atoms with Gasteiger partial charge in [0.25, 0.3) is 5.91 Å². The molecule has 126 valence electrons. The van der Waals surface area contributed by atoms with E-state index in [9.17, 15) is 9.59 Å². The van der Waals surface area contributed by atoms with Crippen LogP contribution in [-0.4, -0.2) is 22.6 Å². The summed E-state index contributed by atoms with van der Waals surface area (Å²) in [5, 5.41) is 0. The quantitative estimate of drug-likeness (QED) is 0.773. The normalized spacial score (nSPS) is 11.0. The van der Waals surface area contributed by atoms with E-state index in [4.69, 9.17) is 16.3 Å². The number of carbonyl (C=O) groups is 2. The van der Waals surface area contributed by atoms with Crippen LogP contribution in [0.4, 0.5) is 10.6 Å². The number of benzene rings is 1. The summed E-state index contributed by atoms with van der Waals surface area (Å²) in [5.74, 6) is -0.157. The zero-order chi connectivity index (χ0) is 17.7. The fourth-order valence-corrected chi connectivity index (χ4v) is 2.11. The highest BCUT2D eigenvalue weighted by molar-refractivity contribution is 6.19. The molecule has 0 aliphatic heterocycles. The first kappa shape index (κ1) is 17.9. The number of anilines is 1. The summed E-state index contributed by atoms with van der Waals surface area (Å²) in [6.07, 6.45) is -0.782. The van der Waals surface area contributed by atoms with Crippen LogP contribution in [0.3, 0.4) is 0 Å². The monoisotopic (exact) mass is 346 g/mol. The van der Waals surface area contributed by atoms with Gasteiger partial charge in [-0.3, -0.25) is 4.79 Å². The van der Waals surface area contributed by atoms with E-state index in [1.165, 1.54) is 0 Å². The van der Waals surface area contributed by atoms with Gasteiger partial charge in [0.15, 0.2) is 0 Å². The molecule has 0 bridgehead atoms. The number of imide groups is 1. The van der Waals surface area contributed by atoms with Crippen molar-refractivity contribution < 1.29 is 14.3 Å². The second kappa shape index (κ2) is 7.45. The molecular formula is C18H19ClN2O3. The lowest BCUT2D eigenvalue weighted by molar-refractivity contribution is 0.0563. The summed E-state index contributed by atoms with van der Waals surface area (Å²) in [5.41, 5.74) is 0.182. The second-order valence-corrected chi connectivity index (χ2v) is 6.37. The van der Waals surface area contributed by atoms with Gasteiger partial charge >= 0.3 is 6.09 Å². The molecule has 1 aromatic carbocycles. The van der Waals surface area contributed by atoms with Crippen LogP contribution in [0, 0.1) is 0 Å². The molecule has 2 rings (SSSR count). The van der Waals surface area contributed by atoms with E-state index in [-0.39, 0.29) is 11.7 Å². The van der Waals surface area contributed by atoms with Crippen LogP contribution in [0.15, 0.2) is 48.5 Å². The van der Waals surface area contributed by atoms with Gasteiger partial charge < -0.3 is 4.74 Å². The molecule has 0 aliphatic rings. The highest BCUT2D eigenvalue weighted by Gasteiger charge is 2.30. The Labute approximate surface area is 146 Å². The van der Waals surface area contributed by atoms with E-state index in [0.29, 0.717) is 11.3 Å². The Hall–Kier alpha value is -2.40. The van der Waals surface area contributed by atoms with Crippen molar-refractivity contribution >= 4 is 29.4 Å². The molecule has 0 aliphatic carbocycles.